The lowest BCUT2D eigenvalue weighted by atomic mass is 10.1. The van der Waals surface area contributed by atoms with Crippen LogP contribution in [-0.4, -0.2) is 76.9 Å². The SMILES string of the molecule is O=C(O)[C@H](CCO)NC(=O)N1CCN2CCCC2C1. The minimum absolute atomic E-state index is 0.0322. The van der Waals surface area contributed by atoms with E-state index in [1.165, 1.54) is 6.42 Å². The van der Waals surface area contributed by atoms with Crippen molar-refractivity contribution in [1.82, 2.24) is 15.1 Å². The number of aliphatic hydroxyl groups is 1. The Kier molecular flexibility index (Phi) is 4.60. The van der Waals surface area contributed by atoms with Crippen LogP contribution in [0, 0.1) is 0 Å². The number of amides is 2. The lowest BCUT2D eigenvalue weighted by Crippen LogP contribution is -2.56. The maximum absolute atomic E-state index is 12.0. The molecule has 2 fully saturated rings. The number of nitrogens with zero attached hydrogens (tertiary/aromatic N) is 2. The smallest absolute Gasteiger partial charge is 0.326 e. The quantitative estimate of drug-likeness (QED) is 0.629. The first kappa shape index (κ1) is 14.1. The van der Waals surface area contributed by atoms with Gasteiger partial charge >= 0.3 is 12.0 Å². The van der Waals surface area contributed by atoms with Gasteiger partial charge in [-0.3, -0.25) is 4.90 Å². The second-order valence-electron chi connectivity index (χ2n) is 5.13. The molecule has 7 heteroatoms. The fourth-order valence-electron chi connectivity index (χ4n) is 2.80. The highest BCUT2D eigenvalue weighted by Crippen LogP contribution is 2.21. The standard InChI is InChI=1S/C12H21N3O4/c16-7-3-10(11(17)18)13-12(19)15-6-5-14-4-1-2-9(14)8-15/h9-10,16H,1-8H2,(H,13,19)(H,17,18)/t9?,10-/m0/s1. The number of carboxylic acid groups (broad SMARTS) is 1. The lowest BCUT2D eigenvalue weighted by Gasteiger charge is -2.37. The molecule has 108 valence electrons. The fourth-order valence-corrected chi connectivity index (χ4v) is 2.80. The van der Waals surface area contributed by atoms with Gasteiger partial charge < -0.3 is 20.4 Å². The van der Waals surface area contributed by atoms with E-state index >= 15 is 0 Å². The lowest BCUT2D eigenvalue weighted by molar-refractivity contribution is -0.139. The van der Waals surface area contributed by atoms with Gasteiger partial charge in [-0.15, -0.1) is 0 Å². The Labute approximate surface area is 112 Å². The molecule has 2 heterocycles. The highest BCUT2D eigenvalue weighted by atomic mass is 16.4. The number of rotatable bonds is 4. The van der Waals surface area contributed by atoms with Crippen molar-refractivity contribution in [1.29, 1.82) is 0 Å². The zero-order valence-corrected chi connectivity index (χ0v) is 10.9. The maximum Gasteiger partial charge on any atom is 0.326 e. The molecule has 2 amide bonds. The number of aliphatic hydroxyl groups excluding tert-OH is 1. The van der Waals surface area contributed by atoms with Gasteiger partial charge in [0.25, 0.3) is 0 Å². The van der Waals surface area contributed by atoms with Crippen molar-refractivity contribution in [3.63, 3.8) is 0 Å². The average molecular weight is 271 g/mol. The summed E-state index contributed by atoms with van der Waals surface area (Å²) < 4.78 is 0. The molecule has 0 bridgehead atoms. The molecule has 0 spiro atoms. The van der Waals surface area contributed by atoms with Gasteiger partial charge in [-0.25, -0.2) is 9.59 Å². The van der Waals surface area contributed by atoms with Crippen LogP contribution < -0.4 is 5.32 Å². The van der Waals surface area contributed by atoms with E-state index in [4.69, 9.17) is 10.2 Å². The first-order valence-electron chi connectivity index (χ1n) is 6.75. The Morgan fingerprint density at radius 3 is 2.79 bits per heavy atom. The fraction of sp³-hybridized carbons (Fsp3) is 0.833. The van der Waals surface area contributed by atoms with Crippen LogP contribution in [0.3, 0.4) is 0 Å². The summed E-state index contributed by atoms with van der Waals surface area (Å²) in [5.41, 5.74) is 0. The largest absolute Gasteiger partial charge is 0.480 e. The summed E-state index contributed by atoms with van der Waals surface area (Å²) in [4.78, 5) is 27.0. The van der Waals surface area contributed by atoms with E-state index in [0.29, 0.717) is 19.1 Å². The third kappa shape index (κ3) is 3.36. The molecule has 19 heavy (non-hydrogen) atoms. The number of hydrogen-bond donors (Lipinski definition) is 3. The third-order valence-electron chi connectivity index (χ3n) is 3.89. The Bertz CT molecular complexity index is 350. The molecule has 0 aliphatic carbocycles. The van der Waals surface area contributed by atoms with Crippen LogP contribution in [0.1, 0.15) is 19.3 Å². The van der Waals surface area contributed by atoms with Crippen LogP contribution in [0.15, 0.2) is 0 Å². The van der Waals surface area contributed by atoms with Crippen molar-refractivity contribution in [3.05, 3.63) is 0 Å². The maximum atomic E-state index is 12.0. The highest BCUT2D eigenvalue weighted by Gasteiger charge is 2.33. The van der Waals surface area contributed by atoms with Crippen LogP contribution >= 0.6 is 0 Å². The first-order valence-corrected chi connectivity index (χ1v) is 6.75. The van der Waals surface area contributed by atoms with Gasteiger partial charge in [0.2, 0.25) is 0 Å². The minimum atomic E-state index is -1.11. The van der Waals surface area contributed by atoms with Crippen LogP contribution in [0.25, 0.3) is 0 Å². The van der Waals surface area contributed by atoms with E-state index in [2.05, 4.69) is 10.2 Å². The van der Waals surface area contributed by atoms with Gasteiger partial charge in [-0.2, -0.15) is 0 Å². The summed E-state index contributed by atoms with van der Waals surface area (Å²) in [6.07, 6.45) is 2.30. The van der Waals surface area contributed by atoms with Gasteiger partial charge in [0.15, 0.2) is 0 Å². The van der Waals surface area contributed by atoms with Crippen LogP contribution in [0.2, 0.25) is 0 Å². The number of urea groups is 1. The Hall–Kier alpha value is -1.34. The minimum Gasteiger partial charge on any atom is -0.480 e. The third-order valence-corrected chi connectivity index (χ3v) is 3.89. The monoisotopic (exact) mass is 271 g/mol. The number of carbonyl (C=O) groups excluding carboxylic acids is 1. The summed E-state index contributed by atoms with van der Waals surface area (Å²) in [5, 5.41) is 20.2. The molecule has 2 rings (SSSR count). The molecule has 0 saturated carbocycles. The molecular weight excluding hydrogens is 250 g/mol. The van der Waals surface area contributed by atoms with Gasteiger partial charge in [-0.05, 0) is 19.4 Å². The molecule has 3 N–H and O–H groups in total. The average Bonchev–Trinajstić information content (AvgIpc) is 2.85. The zero-order chi connectivity index (χ0) is 13.8. The zero-order valence-electron chi connectivity index (χ0n) is 10.9. The molecule has 2 aliphatic heterocycles. The van der Waals surface area contributed by atoms with Crippen molar-refractivity contribution in [2.45, 2.75) is 31.3 Å². The molecule has 0 aromatic rings. The molecular formula is C12H21N3O4. The molecule has 2 atom stereocenters. The summed E-state index contributed by atoms with van der Waals surface area (Å²) in [5.74, 6) is -1.11. The predicted octanol–water partition coefficient (Wildman–Crippen LogP) is -0.688. The predicted molar refractivity (Wildman–Crippen MR) is 67.8 cm³/mol. The molecule has 0 aromatic heterocycles. The van der Waals surface area contributed by atoms with Crippen molar-refractivity contribution < 1.29 is 19.8 Å². The Balaban J connectivity index is 1.87. The van der Waals surface area contributed by atoms with E-state index in [0.717, 1.165) is 19.5 Å². The van der Waals surface area contributed by atoms with Crippen LogP contribution in [-0.2, 0) is 4.79 Å². The number of nitrogens with one attached hydrogen (secondary N) is 1. The number of carboxylic acids is 1. The van der Waals surface area contributed by atoms with E-state index in [1.807, 2.05) is 0 Å². The summed E-state index contributed by atoms with van der Waals surface area (Å²) in [7, 11) is 0. The number of piperazine rings is 1. The number of aliphatic carboxylic acids is 1. The van der Waals surface area contributed by atoms with Crippen LogP contribution in [0.5, 0.6) is 0 Å². The number of fused-ring (bicyclic) bond motifs is 1. The summed E-state index contributed by atoms with van der Waals surface area (Å²) in [6, 6.07) is -0.938. The van der Waals surface area contributed by atoms with Crippen molar-refractivity contribution in [2.75, 3.05) is 32.8 Å². The molecule has 7 nitrogen and oxygen atoms in total. The van der Waals surface area contributed by atoms with Crippen molar-refractivity contribution in [3.8, 4) is 0 Å². The summed E-state index contributed by atoms with van der Waals surface area (Å²) in [6.45, 7) is 3.00. The van der Waals surface area contributed by atoms with Gasteiger partial charge in [0.05, 0.1) is 0 Å². The number of hydrogen-bond acceptors (Lipinski definition) is 4. The first-order chi connectivity index (χ1) is 9.11. The number of carbonyl (C=O) groups is 2. The topological polar surface area (TPSA) is 93.1 Å². The molecule has 0 aromatic carbocycles. The van der Waals surface area contributed by atoms with Crippen molar-refractivity contribution in [2.24, 2.45) is 0 Å². The highest BCUT2D eigenvalue weighted by molar-refractivity contribution is 5.82. The van der Waals surface area contributed by atoms with E-state index in [-0.39, 0.29) is 19.1 Å². The van der Waals surface area contributed by atoms with Gasteiger partial charge in [0, 0.05) is 38.7 Å². The van der Waals surface area contributed by atoms with E-state index in [1.54, 1.807) is 4.90 Å². The normalized spacial score (nSPS) is 24.9. The second kappa shape index (κ2) is 6.21. The van der Waals surface area contributed by atoms with Crippen LogP contribution in [0.4, 0.5) is 4.79 Å². The molecule has 2 aliphatic rings. The van der Waals surface area contributed by atoms with Gasteiger partial charge in [-0.1, -0.05) is 0 Å². The second-order valence-corrected chi connectivity index (χ2v) is 5.13. The van der Waals surface area contributed by atoms with E-state index < -0.39 is 12.0 Å². The molecule has 1 unspecified atom stereocenters. The Morgan fingerprint density at radius 2 is 2.11 bits per heavy atom. The Morgan fingerprint density at radius 1 is 1.32 bits per heavy atom. The van der Waals surface area contributed by atoms with E-state index in [9.17, 15) is 9.59 Å². The molecule has 2 saturated heterocycles. The summed E-state index contributed by atoms with van der Waals surface area (Å²) >= 11 is 0. The van der Waals surface area contributed by atoms with Crippen molar-refractivity contribution >= 4 is 12.0 Å². The molecule has 0 radical (unpaired) electrons. The van der Waals surface area contributed by atoms with Gasteiger partial charge in [0.1, 0.15) is 6.04 Å².